The predicted octanol–water partition coefficient (Wildman–Crippen LogP) is 5.14. The molecule has 0 saturated heterocycles. The van der Waals surface area contributed by atoms with E-state index in [1.807, 2.05) is 18.5 Å². The molecule has 26 heavy (non-hydrogen) atoms. The van der Waals surface area contributed by atoms with Crippen LogP contribution in [0.3, 0.4) is 0 Å². The normalized spacial score (nSPS) is 14.6. The van der Waals surface area contributed by atoms with Crippen molar-refractivity contribution in [3.05, 3.63) is 72.2 Å². The van der Waals surface area contributed by atoms with Gasteiger partial charge in [-0.3, -0.25) is 0 Å². The molecule has 0 aliphatic carbocycles. The number of anilines is 1. The van der Waals surface area contributed by atoms with Crippen LogP contribution in [0.4, 0.5) is 5.69 Å². The molecule has 2 aromatic heterocycles. The summed E-state index contributed by atoms with van der Waals surface area (Å²) in [6.45, 7) is 0.806. The zero-order chi connectivity index (χ0) is 17.5. The summed E-state index contributed by atoms with van der Waals surface area (Å²) in [5.41, 5.74) is 8.31. The van der Waals surface area contributed by atoms with E-state index < -0.39 is 0 Å². The first-order valence-electron chi connectivity index (χ1n) is 8.70. The molecule has 3 N–H and O–H groups in total. The Balaban J connectivity index is 1.67. The second-order valence-corrected chi connectivity index (χ2v) is 6.49. The number of methoxy groups -OCH3 is 1. The molecule has 5 rings (SSSR count). The van der Waals surface area contributed by atoms with Crippen molar-refractivity contribution in [3.8, 4) is 16.9 Å². The van der Waals surface area contributed by atoms with Crippen LogP contribution in [0.15, 0.2) is 60.9 Å². The predicted molar refractivity (Wildman–Crippen MR) is 107 cm³/mol. The standard InChI is InChI=1S/C22H19N3O/c1-26-21-8-10-24-20(21)12-16-13-25-19-4-2-3-17(22(16)19)14-5-6-18-15(11-14)7-9-23-18/h2-12,23-25H,13H2,1H3/b16-12+. The Morgan fingerprint density at radius 2 is 1.92 bits per heavy atom. The van der Waals surface area contributed by atoms with Gasteiger partial charge in [0, 0.05) is 35.7 Å². The summed E-state index contributed by atoms with van der Waals surface area (Å²) >= 11 is 0. The molecule has 0 atom stereocenters. The van der Waals surface area contributed by atoms with Gasteiger partial charge in [-0.1, -0.05) is 18.2 Å². The lowest BCUT2D eigenvalue weighted by molar-refractivity contribution is 0.414. The molecule has 0 unspecified atom stereocenters. The lowest BCUT2D eigenvalue weighted by Gasteiger charge is -2.10. The molecule has 0 radical (unpaired) electrons. The summed E-state index contributed by atoms with van der Waals surface area (Å²) in [5, 5.41) is 4.74. The molecular weight excluding hydrogens is 322 g/mol. The van der Waals surface area contributed by atoms with E-state index in [9.17, 15) is 0 Å². The summed E-state index contributed by atoms with van der Waals surface area (Å²) in [6, 6.07) is 17.1. The molecule has 1 aliphatic heterocycles. The van der Waals surface area contributed by atoms with Gasteiger partial charge in [-0.05, 0) is 58.5 Å². The number of nitrogens with one attached hydrogen (secondary N) is 3. The van der Waals surface area contributed by atoms with E-state index in [1.54, 1.807) is 7.11 Å². The third kappa shape index (κ3) is 2.30. The summed E-state index contributed by atoms with van der Waals surface area (Å²) in [6.07, 6.45) is 6.06. The molecule has 4 aromatic rings. The average molecular weight is 341 g/mol. The zero-order valence-corrected chi connectivity index (χ0v) is 14.5. The second kappa shape index (κ2) is 5.85. The van der Waals surface area contributed by atoms with Crippen LogP contribution in [0.1, 0.15) is 11.3 Å². The van der Waals surface area contributed by atoms with Crippen LogP contribution in [-0.4, -0.2) is 23.6 Å². The smallest absolute Gasteiger partial charge is 0.143 e. The second-order valence-electron chi connectivity index (χ2n) is 6.49. The lowest BCUT2D eigenvalue weighted by atomic mass is 9.94. The Morgan fingerprint density at radius 1 is 1.00 bits per heavy atom. The molecule has 0 saturated carbocycles. The maximum atomic E-state index is 5.44. The Labute approximate surface area is 151 Å². The average Bonchev–Trinajstić information content (AvgIpc) is 3.40. The van der Waals surface area contributed by atoms with Crippen molar-refractivity contribution < 1.29 is 4.74 Å². The van der Waals surface area contributed by atoms with E-state index in [0.29, 0.717) is 0 Å². The van der Waals surface area contributed by atoms with E-state index in [-0.39, 0.29) is 0 Å². The summed E-state index contributed by atoms with van der Waals surface area (Å²) in [4.78, 5) is 6.52. The lowest BCUT2D eigenvalue weighted by Crippen LogP contribution is -1.92. The van der Waals surface area contributed by atoms with Crippen LogP contribution in [0.5, 0.6) is 5.75 Å². The first-order valence-corrected chi connectivity index (χ1v) is 8.70. The fraction of sp³-hybridized carbons (Fsp3) is 0.0909. The van der Waals surface area contributed by atoms with Gasteiger partial charge in [-0.25, -0.2) is 0 Å². The van der Waals surface area contributed by atoms with Crippen molar-refractivity contribution in [2.75, 3.05) is 19.0 Å². The van der Waals surface area contributed by atoms with Gasteiger partial charge < -0.3 is 20.0 Å². The summed E-state index contributed by atoms with van der Waals surface area (Å²) < 4.78 is 5.44. The fourth-order valence-electron chi connectivity index (χ4n) is 3.74. The number of rotatable bonds is 3. The van der Waals surface area contributed by atoms with Gasteiger partial charge in [0.25, 0.3) is 0 Å². The van der Waals surface area contributed by atoms with Crippen LogP contribution >= 0.6 is 0 Å². The molecule has 0 fully saturated rings. The van der Waals surface area contributed by atoms with Crippen LogP contribution in [-0.2, 0) is 0 Å². The molecule has 2 aromatic carbocycles. The third-order valence-corrected chi connectivity index (χ3v) is 5.00. The third-order valence-electron chi connectivity index (χ3n) is 5.00. The number of aromatic amines is 2. The highest BCUT2D eigenvalue weighted by Gasteiger charge is 2.21. The van der Waals surface area contributed by atoms with Crippen molar-refractivity contribution in [2.24, 2.45) is 0 Å². The van der Waals surface area contributed by atoms with Crippen LogP contribution in [0.25, 0.3) is 33.7 Å². The van der Waals surface area contributed by atoms with Crippen LogP contribution in [0.2, 0.25) is 0 Å². The molecule has 1 aliphatic rings. The van der Waals surface area contributed by atoms with Crippen molar-refractivity contribution in [1.29, 1.82) is 0 Å². The Hall–Kier alpha value is -3.40. The quantitative estimate of drug-likeness (QED) is 0.483. The molecule has 4 nitrogen and oxygen atoms in total. The number of fused-ring (bicyclic) bond motifs is 2. The number of hydrogen-bond donors (Lipinski definition) is 3. The van der Waals surface area contributed by atoms with Gasteiger partial charge in [-0.15, -0.1) is 0 Å². The van der Waals surface area contributed by atoms with Gasteiger partial charge >= 0.3 is 0 Å². The number of aromatic nitrogens is 2. The maximum absolute atomic E-state index is 5.44. The zero-order valence-electron chi connectivity index (χ0n) is 14.5. The van der Waals surface area contributed by atoms with Gasteiger partial charge in [-0.2, -0.15) is 0 Å². The molecule has 3 heterocycles. The molecule has 4 heteroatoms. The highest BCUT2D eigenvalue weighted by atomic mass is 16.5. The van der Waals surface area contributed by atoms with E-state index in [4.69, 9.17) is 4.74 Å². The SMILES string of the molecule is COc1cc[nH]c1/C=C1\CNc2cccc(-c3ccc4[nH]ccc4c3)c21. The van der Waals surface area contributed by atoms with Gasteiger partial charge in [0.2, 0.25) is 0 Å². The van der Waals surface area contributed by atoms with Crippen molar-refractivity contribution in [2.45, 2.75) is 0 Å². The molecule has 0 amide bonds. The highest BCUT2D eigenvalue weighted by Crippen LogP contribution is 2.40. The van der Waals surface area contributed by atoms with Crippen molar-refractivity contribution >= 4 is 28.2 Å². The minimum atomic E-state index is 0.806. The molecular formula is C22H19N3O. The Kier molecular flexibility index (Phi) is 3.35. The first kappa shape index (κ1) is 14.9. The van der Waals surface area contributed by atoms with E-state index in [1.165, 1.54) is 33.3 Å². The van der Waals surface area contributed by atoms with Crippen molar-refractivity contribution in [3.63, 3.8) is 0 Å². The number of H-pyrrole nitrogens is 2. The fourth-order valence-corrected chi connectivity index (χ4v) is 3.74. The van der Waals surface area contributed by atoms with E-state index >= 15 is 0 Å². The van der Waals surface area contributed by atoms with Gasteiger partial charge in [0.15, 0.2) is 0 Å². The van der Waals surface area contributed by atoms with Gasteiger partial charge in [0.1, 0.15) is 5.75 Å². The van der Waals surface area contributed by atoms with Gasteiger partial charge in [0.05, 0.1) is 12.8 Å². The van der Waals surface area contributed by atoms with Crippen molar-refractivity contribution in [1.82, 2.24) is 9.97 Å². The number of hydrogen-bond acceptors (Lipinski definition) is 2. The van der Waals surface area contributed by atoms with E-state index in [0.717, 1.165) is 23.5 Å². The monoisotopic (exact) mass is 341 g/mol. The largest absolute Gasteiger partial charge is 0.495 e. The Morgan fingerprint density at radius 3 is 2.85 bits per heavy atom. The first-order chi connectivity index (χ1) is 12.8. The summed E-state index contributed by atoms with van der Waals surface area (Å²) in [5.74, 6) is 0.858. The molecule has 0 spiro atoms. The number of benzene rings is 2. The molecule has 128 valence electrons. The van der Waals surface area contributed by atoms with E-state index in [2.05, 4.69) is 63.8 Å². The minimum Gasteiger partial charge on any atom is -0.495 e. The topological polar surface area (TPSA) is 52.8 Å². The Bertz CT molecular complexity index is 1130. The number of ether oxygens (including phenoxy) is 1. The van der Waals surface area contributed by atoms with Crippen LogP contribution in [0, 0.1) is 0 Å². The highest BCUT2D eigenvalue weighted by molar-refractivity contribution is 6.00. The summed E-state index contributed by atoms with van der Waals surface area (Å²) in [7, 11) is 1.70. The molecule has 0 bridgehead atoms. The van der Waals surface area contributed by atoms with Crippen LogP contribution < -0.4 is 10.1 Å². The maximum Gasteiger partial charge on any atom is 0.143 e. The minimum absolute atomic E-state index is 0.806.